The zero-order valence-corrected chi connectivity index (χ0v) is 29.1. The van der Waals surface area contributed by atoms with Crippen molar-refractivity contribution in [3.05, 3.63) is 82.0 Å². The largest absolute Gasteiger partial charge is 0.463 e. The van der Waals surface area contributed by atoms with E-state index < -0.39 is 28.4 Å². The first-order valence-corrected chi connectivity index (χ1v) is 21.4. The Kier molecular flexibility index (Phi) is 12.3. The zero-order valence-electron chi connectivity index (χ0n) is 25.5. The molecule has 4 nitrogen and oxygen atoms in total. The molecule has 0 fully saturated rings. The minimum Gasteiger partial charge on any atom is -0.463 e. The summed E-state index contributed by atoms with van der Waals surface area (Å²) in [6, 6.07) is 26.4. The lowest BCUT2D eigenvalue weighted by Gasteiger charge is -2.55. The Morgan fingerprint density at radius 2 is 1.38 bits per heavy atom. The molecule has 0 spiro atoms. The molecule has 0 radical (unpaired) electrons. The predicted octanol–water partition coefficient (Wildman–Crippen LogP) is 9.71. The van der Waals surface area contributed by atoms with E-state index in [0.717, 1.165) is 10.0 Å². The molecule has 0 aromatic heterocycles. The zero-order chi connectivity index (χ0) is 29.3. The van der Waals surface area contributed by atoms with Gasteiger partial charge in [0.25, 0.3) is 0 Å². The van der Waals surface area contributed by atoms with Crippen molar-refractivity contribution in [2.45, 2.75) is 102 Å². The summed E-state index contributed by atoms with van der Waals surface area (Å²) in [6.07, 6.45) is 1.51. The van der Waals surface area contributed by atoms with Crippen LogP contribution in [-0.4, -0.2) is 35.5 Å². The quantitative estimate of drug-likeness (QED) is 0.152. The molecule has 2 aromatic rings. The van der Waals surface area contributed by atoms with E-state index in [2.05, 4.69) is 99.9 Å². The van der Waals surface area contributed by atoms with E-state index >= 15 is 0 Å². The maximum absolute atomic E-state index is 13.0. The third kappa shape index (κ3) is 6.69. The number of allylic oxidation sites excluding steroid dienone is 1. The fraction of sp³-hybridized carbons (Fsp3) is 0.545. The molecule has 220 valence electrons. The van der Waals surface area contributed by atoms with Crippen LogP contribution in [0.1, 0.15) is 58.6 Å². The summed E-state index contributed by atoms with van der Waals surface area (Å²) >= 11 is 3.70. The van der Waals surface area contributed by atoms with Crippen molar-refractivity contribution < 1.29 is 19.0 Å². The van der Waals surface area contributed by atoms with Gasteiger partial charge in [0.15, 0.2) is 0 Å². The molecule has 1 aliphatic heterocycles. The van der Waals surface area contributed by atoms with Crippen molar-refractivity contribution in [2.75, 3.05) is 7.11 Å². The Morgan fingerprint density at radius 3 is 1.88 bits per heavy atom. The van der Waals surface area contributed by atoms with Crippen molar-refractivity contribution in [1.29, 1.82) is 0 Å². The topological polar surface area (TPSA) is 44.8 Å². The highest BCUT2D eigenvalue weighted by atomic mass is 79.9. The second-order valence-electron chi connectivity index (χ2n) is 11.2. The Hall–Kier alpha value is -1.68. The van der Waals surface area contributed by atoms with Gasteiger partial charge in [0.2, 0.25) is 12.0 Å². The molecule has 1 heterocycles. The molecule has 1 aliphatic rings. The van der Waals surface area contributed by atoms with E-state index in [1.54, 1.807) is 0 Å². The molecule has 0 N–H and O–H groups in total. The number of halogens is 1. The van der Waals surface area contributed by atoms with Crippen molar-refractivity contribution >= 4 is 38.0 Å². The SMILES string of the molecule is CC[Si](CC)(CC)C([C@H]1[C@@H](OCc2ccccc2Br)OC(C(=O)OC)=C[C@@H]1c1ccccc1)[Si](CC)(CC)CC. The summed E-state index contributed by atoms with van der Waals surface area (Å²) < 4.78 is 19.6. The van der Waals surface area contributed by atoms with Crippen LogP contribution in [0.5, 0.6) is 0 Å². The number of esters is 1. The van der Waals surface area contributed by atoms with E-state index in [4.69, 9.17) is 14.2 Å². The van der Waals surface area contributed by atoms with Gasteiger partial charge in [-0.3, -0.25) is 0 Å². The molecule has 3 rings (SSSR count). The van der Waals surface area contributed by atoms with Crippen LogP contribution < -0.4 is 0 Å². The third-order valence-corrected chi connectivity index (χ3v) is 26.5. The summed E-state index contributed by atoms with van der Waals surface area (Å²) in [5.74, 6) is -0.0555. The number of benzene rings is 2. The third-order valence-electron chi connectivity index (χ3n) is 10.2. The average molecular weight is 646 g/mol. The van der Waals surface area contributed by atoms with Gasteiger partial charge < -0.3 is 14.2 Å². The fourth-order valence-electron chi connectivity index (χ4n) is 7.48. The van der Waals surface area contributed by atoms with E-state index in [0.29, 0.717) is 11.8 Å². The molecule has 7 heteroatoms. The van der Waals surface area contributed by atoms with Gasteiger partial charge in [0, 0.05) is 16.3 Å². The van der Waals surface area contributed by atoms with Gasteiger partial charge in [0.05, 0.1) is 29.9 Å². The molecule has 0 saturated carbocycles. The van der Waals surface area contributed by atoms with Crippen LogP contribution in [0.15, 0.2) is 70.9 Å². The van der Waals surface area contributed by atoms with Gasteiger partial charge in [-0.25, -0.2) is 4.79 Å². The van der Waals surface area contributed by atoms with Gasteiger partial charge >= 0.3 is 5.97 Å². The Bertz CT molecular complexity index is 1080. The van der Waals surface area contributed by atoms with Gasteiger partial charge in [-0.2, -0.15) is 0 Å². The van der Waals surface area contributed by atoms with Crippen LogP contribution in [0.25, 0.3) is 0 Å². The van der Waals surface area contributed by atoms with E-state index in [-0.39, 0.29) is 17.6 Å². The summed E-state index contributed by atoms with van der Waals surface area (Å²) in [7, 11) is -2.14. The maximum Gasteiger partial charge on any atom is 0.373 e. The van der Waals surface area contributed by atoms with Gasteiger partial charge in [0.1, 0.15) is 0 Å². The van der Waals surface area contributed by atoms with Crippen molar-refractivity contribution in [3.8, 4) is 0 Å². The fourth-order valence-corrected chi connectivity index (χ4v) is 24.7. The lowest BCUT2D eigenvalue weighted by Crippen LogP contribution is -2.59. The van der Waals surface area contributed by atoms with Crippen LogP contribution in [-0.2, 0) is 25.6 Å². The van der Waals surface area contributed by atoms with Crippen molar-refractivity contribution in [2.24, 2.45) is 5.92 Å². The van der Waals surface area contributed by atoms with Crippen molar-refractivity contribution in [1.82, 2.24) is 0 Å². The second kappa shape index (κ2) is 15.0. The molecule has 0 saturated heterocycles. The number of hydrogen-bond donors (Lipinski definition) is 0. The molecule has 0 amide bonds. The molecular weight excluding hydrogens is 596 g/mol. The lowest BCUT2D eigenvalue weighted by molar-refractivity contribution is -0.179. The number of carbonyl (C=O) groups excluding carboxylic acids is 1. The molecular formula is C33H49BrO4Si2. The number of rotatable bonds is 14. The monoisotopic (exact) mass is 644 g/mol. The molecule has 3 atom stereocenters. The summed E-state index contributed by atoms with van der Waals surface area (Å²) in [5.41, 5.74) is 2.29. The highest BCUT2D eigenvalue weighted by molar-refractivity contribution is 9.10. The minimum absolute atomic E-state index is 0.00585. The first-order valence-electron chi connectivity index (χ1n) is 15.2. The molecule has 0 bridgehead atoms. The number of carbonyl (C=O) groups is 1. The summed E-state index contributed by atoms with van der Waals surface area (Å²) in [6.45, 7) is 15.0. The first-order chi connectivity index (χ1) is 19.3. The van der Waals surface area contributed by atoms with Crippen LogP contribution in [0.2, 0.25) is 41.4 Å². The van der Waals surface area contributed by atoms with Crippen molar-refractivity contribution in [3.63, 3.8) is 0 Å². The van der Waals surface area contributed by atoms with E-state index in [9.17, 15) is 4.79 Å². The van der Waals surface area contributed by atoms with Gasteiger partial charge in [-0.05, 0) is 28.4 Å². The maximum atomic E-state index is 13.0. The number of hydrogen-bond acceptors (Lipinski definition) is 4. The van der Waals surface area contributed by atoms with Crippen LogP contribution >= 0.6 is 15.9 Å². The standard InChI is InChI=1S/C33H49BrO4Si2/c1-8-39(9-2,10-3)33(40(11-4,12-5)13-6)30-27(25-19-15-14-16-20-25)23-29(31(35)36-7)38-32(30)37-24-26-21-17-18-22-28(26)34/h14-23,27,30,32-33H,8-13,24H2,1-7H3/t27-,30-,32+/m1/s1. The Balaban J connectivity index is 2.30. The smallest absolute Gasteiger partial charge is 0.373 e. The molecule has 40 heavy (non-hydrogen) atoms. The summed E-state index contributed by atoms with van der Waals surface area (Å²) in [5, 5.41) is 0.574. The Morgan fingerprint density at radius 1 is 0.850 bits per heavy atom. The first kappa shape index (κ1) is 32.8. The molecule has 0 aliphatic carbocycles. The summed E-state index contributed by atoms with van der Waals surface area (Å²) in [4.78, 5) is 13.0. The minimum atomic E-state index is -1.78. The van der Waals surface area contributed by atoms with Gasteiger partial charge in [-0.1, -0.05) is 142 Å². The van der Waals surface area contributed by atoms with Crippen LogP contribution in [0, 0.1) is 5.92 Å². The van der Waals surface area contributed by atoms with Crippen LogP contribution in [0.4, 0.5) is 0 Å². The molecule has 2 aromatic carbocycles. The highest BCUT2D eigenvalue weighted by Gasteiger charge is 2.57. The predicted molar refractivity (Wildman–Crippen MR) is 175 cm³/mol. The number of methoxy groups -OCH3 is 1. The highest BCUT2D eigenvalue weighted by Crippen LogP contribution is 2.56. The van der Waals surface area contributed by atoms with Gasteiger partial charge in [-0.15, -0.1) is 0 Å². The Labute approximate surface area is 253 Å². The second-order valence-corrected chi connectivity index (χ2v) is 23.6. The van der Waals surface area contributed by atoms with Crippen LogP contribution in [0.3, 0.4) is 0 Å². The lowest BCUT2D eigenvalue weighted by atomic mass is 9.84. The van der Waals surface area contributed by atoms with E-state index in [1.165, 1.54) is 48.9 Å². The number of ether oxygens (including phenoxy) is 3. The normalized spacial score (nSPS) is 19.7. The van der Waals surface area contributed by atoms with E-state index in [1.807, 2.05) is 18.2 Å². The molecule has 0 unspecified atom stereocenters. The average Bonchev–Trinajstić information content (AvgIpc) is 3.01.